The van der Waals surface area contributed by atoms with Gasteiger partial charge in [-0.25, -0.2) is 4.39 Å². The van der Waals surface area contributed by atoms with Crippen molar-refractivity contribution in [1.29, 1.82) is 0 Å². The Labute approximate surface area is 132 Å². The fourth-order valence-electron chi connectivity index (χ4n) is 2.59. The summed E-state index contributed by atoms with van der Waals surface area (Å²) in [6.45, 7) is 0. The highest BCUT2D eigenvalue weighted by Crippen LogP contribution is 2.32. The maximum atomic E-state index is 13.9. The Kier molecular flexibility index (Phi) is 3.70. The van der Waals surface area contributed by atoms with E-state index >= 15 is 0 Å². The number of Topliss-reactive ketones (excluding diaryl/α,β-unsaturated/α-hetero) is 1. The van der Waals surface area contributed by atoms with E-state index < -0.39 is 17.4 Å². The number of carbonyl (C=O) groups is 2. The minimum absolute atomic E-state index is 0.145. The van der Waals surface area contributed by atoms with Gasteiger partial charge in [-0.1, -0.05) is 24.3 Å². The molecular weight excluding hydrogens is 297 g/mol. The first kappa shape index (κ1) is 15.0. The summed E-state index contributed by atoms with van der Waals surface area (Å²) < 4.78 is 18.8. The topological polar surface area (TPSA) is 46.6 Å². The molecule has 0 aromatic heterocycles. The van der Waals surface area contributed by atoms with Crippen LogP contribution in [-0.4, -0.2) is 25.7 Å². The lowest BCUT2D eigenvalue weighted by Crippen LogP contribution is -2.25. The number of allylic oxidation sites excluding steroid dienone is 1. The van der Waals surface area contributed by atoms with Crippen LogP contribution >= 0.6 is 0 Å². The first-order valence-electron chi connectivity index (χ1n) is 7.00. The van der Waals surface area contributed by atoms with Gasteiger partial charge in [0.1, 0.15) is 0 Å². The number of nitrogens with zero attached hydrogens (tertiary/aromatic N) is 1. The van der Waals surface area contributed by atoms with Crippen LogP contribution in [0.2, 0.25) is 0 Å². The van der Waals surface area contributed by atoms with Gasteiger partial charge in [0.15, 0.2) is 11.6 Å². The standard InChI is InChI=1S/C18H14FNO3/c1-20(11-7-8-17(23-2)14(19)9-11)15-10-16(21)18(22)13-6-4-3-5-12(13)15/h3-10H,1-2H3. The summed E-state index contributed by atoms with van der Waals surface area (Å²) in [5.41, 5.74) is 2.10. The van der Waals surface area contributed by atoms with Crippen LogP contribution in [-0.2, 0) is 4.79 Å². The third kappa shape index (κ3) is 2.50. The third-order valence-corrected chi connectivity index (χ3v) is 3.82. The van der Waals surface area contributed by atoms with Crippen LogP contribution in [0.1, 0.15) is 15.9 Å². The van der Waals surface area contributed by atoms with E-state index in [9.17, 15) is 14.0 Å². The summed E-state index contributed by atoms with van der Waals surface area (Å²) in [6, 6.07) is 11.4. The van der Waals surface area contributed by atoms with E-state index in [-0.39, 0.29) is 5.75 Å². The Morgan fingerprint density at radius 2 is 1.74 bits per heavy atom. The molecule has 0 spiro atoms. The van der Waals surface area contributed by atoms with Crippen LogP contribution in [0.3, 0.4) is 0 Å². The molecule has 0 unspecified atom stereocenters. The maximum absolute atomic E-state index is 13.9. The van der Waals surface area contributed by atoms with E-state index in [0.717, 1.165) is 0 Å². The lowest BCUT2D eigenvalue weighted by Gasteiger charge is -2.26. The van der Waals surface area contributed by atoms with E-state index in [2.05, 4.69) is 0 Å². The fraction of sp³-hybridized carbons (Fsp3) is 0.111. The molecule has 0 heterocycles. The SMILES string of the molecule is COc1ccc(N(C)C2=CC(=O)C(=O)c3ccccc32)cc1F. The van der Waals surface area contributed by atoms with Gasteiger partial charge < -0.3 is 9.64 Å². The Balaban J connectivity index is 2.07. The molecule has 0 radical (unpaired) electrons. The number of rotatable bonds is 3. The van der Waals surface area contributed by atoms with Crippen molar-refractivity contribution in [3.8, 4) is 5.75 Å². The quantitative estimate of drug-likeness (QED) is 0.817. The number of methoxy groups -OCH3 is 1. The normalized spacial score (nSPS) is 13.4. The van der Waals surface area contributed by atoms with Crippen molar-refractivity contribution in [3.05, 3.63) is 65.5 Å². The first-order chi connectivity index (χ1) is 11.0. The second-order valence-electron chi connectivity index (χ2n) is 5.15. The molecule has 0 bridgehead atoms. The van der Waals surface area contributed by atoms with Crippen LogP contribution in [0.4, 0.5) is 10.1 Å². The van der Waals surface area contributed by atoms with E-state index in [4.69, 9.17) is 4.74 Å². The highest BCUT2D eigenvalue weighted by Gasteiger charge is 2.27. The van der Waals surface area contributed by atoms with Crippen LogP contribution in [0.5, 0.6) is 5.75 Å². The Morgan fingerprint density at radius 1 is 1.04 bits per heavy atom. The van der Waals surface area contributed by atoms with Crippen molar-refractivity contribution in [2.45, 2.75) is 0 Å². The summed E-state index contributed by atoms with van der Waals surface area (Å²) in [7, 11) is 3.11. The van der Waals surface area contributed by atoms with Crippen LogP contribution < -0.4 is 9.64 Å². The molecule has 23 heavy (non-hydrogen) atoms. The minimum atomic E-state index is -0.584. The average molecular weight is 311 g/mol. The predicted octanol–water partition coefficient (Wildman–Crippen LogP) is 3.08. The van der Waals surface area contributed by atoms with Gasteiger partial charge in [-0.15, -0.1) is 0 Å². The zero-order valence-electron chi connectivity index (χ0n) is 12.7. The van der Waals surface area contributed by atoms with Gasteiger partial charge in [-0.05, 0) is 12.1 Å². The molecular formula is C18H14FNO3. The molecule has 0 saturated carbocycles. The van der Waals surface area contributed by atoms with Gasteiger partial charge in [0.25, 0.3) is 0 Å². The summed E-state index contributed by atoms with van der Waals surface area (Å²) in [4.78, 5) is 25.6. The summed E-state index contributed by atoms with van der Waals surface area (Å²) in [5, 5.41) is 0. The molecule has 3 rings (SSSR count). The van der Waals surface area contributed by atoms with E-state index in [1.165, 1.54) is 25.3 Å². The third-order valence-electron chi connectivity index (χ3n) is 3.82. The molecule has 5 heteroatoms. The minimum Gasteiger partial charge on any atom is -0.494 e. The number of anilines is 1. The lowest BCUT2D eigenvalue weighted by molar-refractivity contribution is -0.111. The number of fused-ring (bicyclic) bond motifs is 1. The van der Waals surface area contributed by atoms with Gasteiger partial charge in [0, 0.05) is 36.0 Å². The van der Waals surface area contributed by atoms with Crippen molar-refractivity contribution < 1.29 is 18.7 Å². The second-order valence-corrected chi connectivity index (χ2v) is 5.15. The van der Waals surface area contributed by atoms with Crippen molar-refractivity contribution >= 4 is 23.0 Å². The van der Waals surface area contributed by atoms with Crippen molar-refractivity contribution in [2.24, 2.45) is 0 Å². The number of carbonyl (C=O) groups excluding carboxylic acids is 2. The Bertz CT molecular complexity index is 842. The number of ketones is 2. The molecule has 1 aliphatic carbocycles. The molecule has 0 aliphatic heterocycles. The number of benzene rings is 2. The van der Waals surface area contributed by atoms with Gasteiger partial charge in [-0.3, -0.25) is 9.59 Å². The molecule has 0 N–H and O–H groups in total. The largest absolute Gasteiger partial charge is 0.494 e. The molecule has 1 aliphatic rings. The molecule has 4 nitrogen and oxygen atoms in total. The summed E-state index contributed by atoms with van der Waals surface area (Å²) >= 11 is 0. The fourth-order valence-corrected chi connectivity index (χ4v) is 2.59. The highest BCUT2D eigenvalue weighted by molar-refractivity contribution is 6.50. The highest BCUT2D eigenvalue weighted by atomic mass is 19.1. The van der Waals surface area contributed by atoms with E-state index in [0.29, 0.717) is 22.5 Å². The van der Waals surface area contributed by atoms with E-state index in [1.807, 2.05) is 0 Å². The summed E-state index contributed by atoms with van der Waals surface area (Å²) in [6.07, 6.45) is 1.28. The number of hydrogen-bond donors (Lipinski definition) is 0. The smallest absolute Gasteiger partial charge is 0.233 e. The lowest BCUT2D eigenvalue weighted by atomic mass is 9.92. The van der Waals surface area contributed by atoms with E-state index in [1.54, 1.807) is 42.3 Å². The molecule has 0 atom stereocenters. The summed E-state index contributed by atoms with van der Waals surface area (Å²) in [5.74, 6) is -1.46. The molecule has 0 fully saturated rings. The van der Waals surface area contributed by atoms with Crippen molar-refractivity contribution in [2.75, 3.05) is 19.1 Å². The number of hydrogen-bond acceptors (Lipinski definition) is 4. The number of ether oxygens (including phenoxy) is 1. The average Bonchev–Trinajstić information content (AvgIpc) is 2.57. The second kappa shape index (κ2) is 5.68. The first-order valence-corrected chi connectivity index (χ1v) is 7.00. The number of halogens is 1. The molecule has 116 valence electrons. The van der Waals surface area contributed by atoms with Crippen LogP contribution in [0.25, 0.3) is 5.70 Å². The van der Waals surface area contributed by atoms with Crippen molar-refractivity contribution in [1.82, 2.24) is 0 Å². The zero-order chi connectivity index (χ0) is 16.6. The molecule has 0 saturated heterocycles. The molecule has 2 aromatic carbocycles. The van der Waals surface area contributed by atoms with Crippen molar-refractivity contribution in [3.63, 3.8) is 0 Å². The van der Waals surface area contributed by atoms with Gasteiger partial charge in [0.05, 0.1) is 12.8 Å². The Morgan fingerprint density at radius 3 is 2.39 bits per heavy atom. The zero-order valence-corrected chi connectivity index (χ0v) is 12.7. The predicted molar refractivity (Wildman–Crippen MR) is 85.1 cm³/mol. The molecule has 2 aromatic rings. The van der Waals surface area contributed by atoms with Gasteiger partial charge in [-0.2, -0.15) is 0 Å². The van der Waals surface area contributed by atoms with Crippen LogP contribution in [0, 0.1) is 5.82 Å². The maximum Gasteiger partial charge on any atom is 0.233 e. The van der Waals surface area contributed by atoms with Gasteiger partial charge >= 0.3 is 0 Å². The van der Waals surface area contributed by atoms with Crippen LogP contribution in [0.15, 0.2) is 48.5 Å². The molecule has 0 amide bonds. The monoisotopic (exact) mass is 311 g/mol. The van der Waals surface area contributed by atoms with Gasteiger partial charge in [0.2, 0.25) is 11.6 Å². The Hall–Kier alpha value is -2.95.